The number of carbonyl (C=O) groups is 1. The van der Waals surface area contributed by atoms with Crippen molar-refractivity contribution in [2.24, 2.45) is 0 Å². The summed E-state index contributed by atoms with van der Waals surface area (Å²) in [6.07, 6.45) is 0.966. The number of nitrogens with two attached hydrogens (primary N) is 1. The van der Waals surface area contributed by atoms with E-state index < -0.39 is 0 Å². The van der Waals surface area contributed by atoms with Crippen LogP contribution in [0.2, 0.25) is 0 Å². The van der Waals surface area contributed by atoms with Crippen molar-refractivity contribution in [1.82, 2.24) is 14.8 Å². The van der Waals surface area contributed by atoms with Crippen LogP contribution >= 0.6 is 11.8 Å². The smallest absolute Gasteiger partial charge is 0.244 e. The average Bonchev–Trinajstić information content (AvgIpc) is 3.01. The first-order valence-corrected chi connectivity index (χ1v) is 9.38. The zero-order valence-electron chi connectivity index (χ0n) is 14.6. The fraction of sp³-hybridized carbons (Fsp3) is 0.211. The maximum atomic E-state index is 12.4. The Hall–Kier alpha value is -2.80. The van der Waals surface area contributed by atoms with Crippen LogP contribution in [0, 0.1) is 0 Å². The first-order chi connectivity index (χ1) is 12.7. The first-order valence-electron chi connectivity index (χ1n) is 8.40. The number of nitrogen functional groups attached to an aromatic ring is 1. The number of thioether (sulfide) groups is 1. The number of carbonyl (C=O) groups excluding carboxylic acids is 1. The van der Waals surface area contributed by atoms with E-state index in [1.807, 2.05) is 54.6 Å². The molecule has 0 unspecified atom stereocenters. The third-order valence-corrected chi connectivity index (χ3v) is 4.94. The van der Waals surface area contributed by atoms with Gasteiger partial charge in [-0.25, -0.2) is 0 Å². The number of rotatable bonds is 7. The molecule has 134 valence electrons. The van der Waals surface area contributed by atoms with Gasteiger partial charge in [-0.3, -0.25) is 9.36 Å². The Morgan fingerprint density at radius 3 is 2.50 bits per heavy atom. The largest absolute Gasteiger partial charge is 0.368 e. The molecule has 3 aromatic rings. The maximum Gasteiger partial charge on any atom is 0.244 e. The Morgan fingerprint density at radius 1 is 1.08 bits per heavy atom. The van der Waals surface area contributed by atoms with E-state index in [9.17, 15) is 4.79 Å². The zero-order valence-corrected chi connectivity index (χ0v) is 15.4. The van der Waals surface area contributed by atoms with E-state index in [2.05, 4.69) is 22.4 Å². The van der Waals surface area contributed by atoms with Gasteiger partial charge in [0.25, 0.3) is 0 Å². The molecule has 3 N–H and O–H groups in total. The number of anilines is 2. The molecule has 0 aliphatic rings. The molecule has 26 heavy (non-hydrogen) atoms. The minimum Gasteiger partial charge on any atom is -0.368 e. The zero-order chi connectivity index (χ0) is 18.4. The fourth-order valence-electron chi connectivity index (χ4n) is 2.45. The lowest BCUT2D eigenvalue weighted by Crippen LogP contribution is -2.20. The second-order valence-corrected chi connectivity index (χ2v) is 6.74. The Labute approximate surface area is 156 Å². The van der Waals surface area contributed by atoms with E-state index >= 15 is 0 Å². The predicted octanol–water partition coefficient (Wildman–Crippen LogP) is 3.35. The summed E-state index contributed by atoms with van der Waals surface area (Å²) in [5.74, 6) is 0.804. The highest BCUT2D eigenvalue weighted by molar-refractivity contribution is 7.98. The van der Waals surface area contributed by atoms with E-state index in [4.69, 9.17) is 5.73 Å². The third kappa shape index (κ3) is 4.64. The van der Waals surface area contributed by atoms with Crippen LogP contribution in [0.25, 0.3) is 0 Å². The average molecular weight is 367 g/mol. The molecule has 3 rings (SSSR count). The lowest BCUT2D eigenvalue weighted by Gasteiger charge is -2.09. The number of benzene rings is 2. The molecule has 0 saturated carbocycles. The topological polar surface area (TPSA) is 85.8 Å². The molecule has 1 amide bonds. The predicted molar refractivity (Wildman–Crippen MR) is 105 cm³/mol. The van der Waals surface area contributed by atoms with Crippen molar-refractivity contribution in [3.8, 4) is 0 Å². The quantitative estimate of drug-likeness (QED) is 0.626. The van der Waals surface area contributed by atoms with E-state index in [0.29, 0.717) is 5.16 Å². The molecule has 0 saturated heterocycles. The highest BCUT2D eigenvalue weighted by Crippen LogP contribution is 2.22. The maximum absolute atomic E-state index is 12.4. The minimum atomic E-state index is -0.165. The van der Waals surface area contributed by atoms with E-state index in [1.165, 1.54) is 22.9 Å². The molecule has 0 fully saturated rings. The summed E-state index contributed by atoms with van der Waals surface area (Å²) in [4.78, 5) is 12.4. The molecular formula is C19H21N5OS. The van der Waals surface area contributed by atoms with Crippen LogP contribution in [0.4, 0.5) is 11.6 Å². The van der Waals surface area contributed by atoms with Crippen molar-refractivity contribution in [2.75, 3.05) is 11.1 Å². The van der Waals surface area contributed by atoms with Crippen LogP contribution in [-0.4, -0.2) is 20.7 Å². The molecule has 0 atom stereocenters. The van der Waals surface area contributed by atoms with Crippen molar-refractivity contribution in [3.05, 3.63) is 65.7 Å². The van der Waals surface area contributed by atoms with E-state index in [1.54, 1.807) is 4.57 Å². The second kappa shape index (κ2) is 8.53. The number of nitrogens with one attached hydrogen (secondary N) is 1. The van der Waals surface area contributed by atoms with Gasteiger partial charge >= 0.3 is 0 Å². The van der Waals surface area contributed by atoms with Gasteiger partial charge in [0.05, 0.1) is 0 Å². The van der Waals surface area contributed by atoms with Crippen LogP contribution in [0.15, 0.2) is 59.8 Å². The number of amides is 1. The van der Waals surface area contributed by atoms with E-state index in [0.717, 1.165) is 17.9 Å². The summed E-state index contributed by atoms with van der Waals surface area (Å²) < 4.78 is 1.63. The fourth-order valence-corrected chi connectivity index (χ4v) is 3.35. The van der Waals surface area contributed by atoms with Gasteiger partial charge < -0.3 is 11.1 Å². The second-order valence-electron chi connectivity index (χ2n) is 5.80. The molecule has 1 heterocycles. The Kier molecular flexibility index (Phi) is 5.91. The molecule has 6 nitrogen and oxygen atoms in total. The Morgan fingerprint density at radius 2 is 1.81 bits per heavy atom. The number of hydrogen-bond acceptors (Lipinski definition) is 5. The standard InChI is InChI=1S/C19H21N5OS/c1-2-14-8-10-16(11-9-14)21-17(25)12-24-18(20)22-23-19(24)26-13-15-6-4-3-5-7-15/h3-11H,2,12-13H2,1H3,(H2,20,22)(H,21,25). The number of hydrogen-bond donors (Lipinski definition) is 2. The number of nitrogens with zero attached hydrogens (tertiary/aromatic N) is 3. The van der Waals surface area contributed by atoms with Gasteiger partial charge in [-0.2, -0.15) is 0 Å². The molecule has 1 aromatic heterocycles. The van der Waals surface area contributed by atoms with Crippen molar-refractivity contribution < 1.29 is 4.79 Å². The van der Waals surface area contributed by atoms with Gasteiger partial charge in [0.2, 0.25) is 11.9 Å². The van der Waals surface area contributed by atoms with Crippen LogP contribution in [0.5, 0.6) is 0 Å². The number of aromatic nitrogens is 3. The lowest BCUT2D eigenvalue weighted by molar-refractivity contribution is -0.116. The van der Waals surface area contributed by atoms with Gasteiger partial charge in [-0.15, -0.1) is 10.2 Å². The molecule has 0 radical (unpaired) electrons. The van der Waals surface area contributed by atoms with Crippen LogP contribution < -0.4 is 11.1 Å². The highest BCUT2D eigenvalue weighted by Gasteiger charge is 2.14. The van der Waals surface area contributed by atoms with Crippen LogP contribution in [-0.2, 0) is 23.5 Å². The van der Waals surface area contributed by atoms with Crippen LogP contribution in [0.3, 0.4) is 0 Å². The summed E-state index contributed by atoms with van der Waals surface area (Å²) in [6, 6.07) is 17.9. The van der Waals surface area contributed by atoms with Gasteiger partial charge in [0.1, 0.15) is 6.54 Å². The first kappa shape index (κ1) is 18.0. The molecule has 0 spiro atoms. The van der Waals surface area contributed by atoms with Gasteiger partial charge in [0, 0.05) is 11.4 Å². The molecule has 0 aliphatic carbocycles. The normalized spacial score (nSPS) is 10.7. The Bertz CT molecular complexity index is 861. The molecule has 0 aliphatic heterocycles. The van der Waals surface area contributed by atoms with Gasteiger partial charge in [-0.05, 0) is 29.7 Å². The molecule has 2 aromatic carbocycles. The highest BCUT2D eigenvalue weighted by atomic mass is 32.2. The van der Waals surface area contributed by atoms with Gasteiger partial charge in [-0.1, -0.05) is 61.2 Å². The van der Waals surface area contributed by atoms with Crippen LogP contribution in [0.1, 0.15) is 18.1 Å². The SMILES string of the molecule is CCc1ccc(NC(=O)Cn2c(N)nnc2SCc2ccccc2)cc1. The van der Waals surface area contributed by atoms with Crippen molar-refractivity contribution in [1.29, 1.82) is 0 Å². The summed E-state index contributed by atoms with van der Waals surface area (Å²) in [7, 11) is 0. The van der Waals surface area contributed by atoms with Gasteiger partial charge in [0.15, 0.2) is 5.16 Å². The van der Waals surface area contributed by atoms with Crippen molar-refractivity contribution in [3.63, 3.8) is 0 Å². The number of aryl methyl sites for hydroxylation is 1. The molecular weight excluding hydrogens is 346 g/mol. The summed E-state index contributed by atoms with van der Waals surface area (Å²) >= 11 is 1.50. The summed E-state index contributed by atoms with van der Waals surface area (Å²) in [6.45, 7) is 2.17. The summed E-state index contributed by atoms with van der Waals surface area (Å²) in [5, 5.41) is 11.5. The minimum absolute atomic E-state index is 0.0749. The molecule has 7 heteroatoms. The monoisotopic (exact) mass is 367 g/mol. The van der Waals surface area contributed by atoms with Crippen molar-refractivity contribution in [2.45, 2.75) is 30.8 Å². The lowest BCUT2D eigenvalue weighted by atomic mass is 10.1. The Balaban J connectivity index is 1.63. The van der Waals surface area contributed by atoms with Crippen molar-refractivity contribution >= 4 is 29.3 Å². The summed E-state index contributed by atoms with van der Waals surface area (Å²) in [5.41, 5.74) is 9.05. The third-order valence-electron chi connectivity index (χ3n) is 3.90. The van der Waals surface area contributed by atoms with E-state index in [-0.39, 0.29) is 18.4 Å². The molecule has 0 bridgehead atoms.